The molecule has 0 amide bonds. The van der Waals surface area contributed by atoms with Gasteiger partial charge < -0.3 is 0 Å². The van der Waals surface area contributed by atoms with Gasteiger partial charge in [-0.15, -0.1) is 0 Å². The second-order valence-corrected chi connectivity index (χ2v) is 5.34. The lowest BCUT2D eigenvalue weighted by Crippen LogP contribution is -1.76. The van der Waals surface area contributed by atoms with Crippen LogP contribution in [0, 0.1) is 13.8 Å². The molecule has 0 aliphatic carbocycles. The van der Waals surface area contributed by atoms with E-state index in [-0.39, 0.29) is 5.16 Å². The lowest BCUT2D eigenvalue weighted by molar-refractivity contribution is 0.706. The zero-order chi connectivity index (χ0) is 13.0. The molecule has 18 heavy (non-hydrogen) atoms. The summed E-state index contributed by atoms with van der Waals surface area (Å²) in [5.41, 5.74) is 3.25. The molecule has 2 heteroatoms. The predicted octanol–water partition coefficient (Wildman–Crippen LogP) is 5.36. The van der Waals surface area contributed by atoms with Crippen molar-refractivity contribution in [1.82, 2.24) is 0 Å². The summed E-state index contributed by atoms with van der Waals surface area (Å²) in [6.07, 6.45) is 1.56. The molecule has 92 valence electrons. The van der Waals surface area contributed by atoms with Gasteiger partial charge in [0.05, 0.1) is 0 Å². The van der Waals surface area contributed by atoms with Crippen LogP contribution in [0.5, 0.6) is 0 Å². The summed E-state index contributed by atoms with van der Waals surface area (Å²) in [5, 5.41) is -0.192. The summed E-state index contributed by atoms with van der Waals surface area (Å²) in [6, 6.07) is 15.6. The molecule has 0 saturated carbocycles. The Labute approximate surface area is 112 Å². The van der Waals surface area contributed by atoms with Crippen LogP contribution in [0.2, 0.25) is 0 Å². The molecular weight excluding hydrogens is 243 g/mol. The minimum atomic E-state index is -0.192. The van der Waals surface area contributed by atoms with E-state index < -0.39 is 0 Å². The van der Waals surface area contributed by atoms with Crippen molar-refractivity contribution >= 4 is 17.8 Å². The van der Waals surface area contributed by atoms with Crippen LogP contribution in [-0.2, 0) is 0 Å². The second-order valence-electron chi connectivity index (χ2n) is 4.27. The van der Waals surface area contributed by atoms with Crippen LogP contribution in [0.4, 0.5) is 4.39 Å². The second kappa shape index (κ2) is 5.87. The standard InChI is InChI=1S/C16H15FS/c1-12-3-7-14(8-4-12)11-16(17)18-15-9-5-13(2)6-10-15/h3-11H,1-2H3/b16-11+. The van der Waals surface area contributed by atoms with Crippen molar-refractivity contribution in [3.8, 4) is 0 Å². The fourth-order valence-electron chi connectivity index (χ4n) is 1.54. The zero-order valence-corrected chi connectivity index (χ0v) is 11.3. The molecule has 0 aliphatic rings. The van der Waals surface area contributed by atoms with Crippen molar-refractivity contribution in [1.29, 1.82) is 0 Å². The Balaban J connectivity index is 2.09. The highest BCUT2D eigenvalue weighted by Crippen LogP contribution is 2.29. The van der Waals surface area contributed by atoms with E-state index in [1.807, 2.05) is 62.4 Å². The van der Waals surface area contributed by atoms with Gasteiger partial charge in [0.2, 0.25) is 0 Å². The average molecular weight is 258 g/mol. The summed E-state index contributed by atoms with van der Waals surface area (Å²) in [6.45, 7) is 4.04. The van der Waals surface area contributed by atoms with Crippen molar-refractivity contribution < 1.29 is 4.39 Å². The summed E-state index contributed by atoms with van der Waals surface area (Å²) in [5.74, 6) is 0. The summed E-state index contributed by atoms with van der Waals surface area (Å²) >= 11 is 1.15. The van der Waals surface area contributed by atoms with Crippen molar-refractivity contribution in [2.45, 2.75) is 18.7 Å². The highest BCUT2D eigenvalue weighted by Gasteiger charge is 2.00. The van der Waals surface area contributed by atoms with Gasteiger partial charge in [-0.25, -0.2) is 0 Å². The summed E-state index contributed by atoms with van der Waals surface area (Å²) < 4.78 is 13.8. The van der Waals surface area contributed by atoms with Gasteiger partial charge in [-0.2, -0.15) is 4.39 Å². The molecule has 0 radical (unpaired) electrons. The van der Waals surface area contributed by atoms with Crippen molar-refractivity contribution in [2.75, 3.05) is 0 Å². The van der Waals surface area contributed by atoms with Crippen LogP contribution in [0.15, 0.2) is 58.6 Å². The number of hydrogen-bond donors (Lipinski definition) is 0. The van der Waals surface area contributed by atoms with Crippen LogP contribution in [0.25, 0.3) is 6.08 Å². The molecule has 0 spiro atoms. The van der Waals surface area contributed by atoms with Crippen LogP contribution >= 0.6 is 11.8 Å². The van der Waals surface area contributed by atoms with Gasteiger partial charge >= 0.3 is 0 Å². The Morgan fingerprint density at radius 3 is 1.94 bits per heavy atom. The molecule has 0 N–H and O–H groups in total. The maximum atomic E-state index is 13.8. The number of rotatable bonds is 3. The fourth-order valence-corrected chi connectivity index (χ4v) is 2.23. The van der Waals surface area contributed by atoms with Gasteiger partial charge in [0.25, 0.3) is 0 Å². The highest BCUT2D eigenvalue weighted by atomic mass is 32.2. The Morgan fingerprint density at radius 2 is 1.39 bits per heavy atom. The lowest BCUT2D eigenvalue weighted by Gasteiger charge is -2.00. The monoisotopic (exact) mass is 258 g/mol. The maximum Gasteiger partial charge on any atom is 0.161 e. The minimum Gasteiger partial charge on any atom is -0.199 e. The molecule has 0 unspecified atom stereocenters. The molecule has 0 saturated heterocycles. The van der Waals surface area contributed by atoms with E-state index in [4.69, 9.17) is 0 Å². The van der Waals surface area contributed by atoms with Crippen molar-refractivity contribution in [3.63, 3.8) is 0 Å². The number of hydrogen-bond acceptors (Lipinski definition) is 1. The van der Waals surface area contributed by atoms with E-state index in [2.05, 4.69) is 0 Å². The van der Waals surface area contributed by atoms with Gasteiger partial charge in [0, 0.05) is 4.90 Å². The van der Waals surface area contributed by atoms with Gasteiger partial charge in [0.15, 0.2) is 5.16 Å². The molecular formula is C16H15FS. The molecule has 0 heterocycles. The third-order valence-corrected chi connectivity index (χ3v) is 3.41. The maximum absolute atomic E-state index is 13.8. The van der Waals surface area contributed by atoms with E-state index in [0.717, 1.165) is 22.2 Å². The molecule has 2 aromatic rings. The smallest absolute Gasteiger partial charge is 0.161 e. The van der Waals surface area contributed by atoms with E-state index >= 15 is 0 Å². The van der Waals surface area contributed by atoms with Crippen molar-refractivity contribution in [2.24, 2.45) is 0 Å². The van der Waals surface area contributed by atoms with Crippen LogP contribution in [0.3, 0.4) is 0 Å². The van der Waals surface area contributed by atoms with Crippen molar-refractivity contribution in [3.05, 3.63) is 70.4 Å². The quantitative estimate of drug-likeness (QED) is 0.667. The molecule has 0 nitrogen and oxygen atoms in total. The van der Waals surface area contributed by atoms with Gasteiger partial charge in [-0.05, 0) is 37.6 Å². The third-order valence-electron chi connectivity index (χ3n) is 2.59. The molecule has 2 rings (SSSR count). The fraction of sp³-hybridized carbons (Fsp3) is 0.125. The van der Waals surface area contributed by atoms with Crippen LogP contribution in [0.1, 0.15) is 16.7 Å². The zero-order valence-electron chi connectivity index (χ0n) is 10.5. The highest BCUT2D eigenvalue weighted by molar-refractivity contribution is 8.03. The topological polar surface area (TPSA) is 0 Å². The lowest BCUT2D eigenvalue weighted by atomic mass is 10.1. The first-order valence-electron chi connectivity index (χ1n) is 5.82. The van der Waals surface area contributed by atoms with Crippen LogP contribution < -0.4 is 0 Å². The minimum absolute atomic E-state index is 0.192. The molecule has 0 atom stereocenters. The Bertz CT molecular complexity index is 538. The average Bonchev–Trinajstić information content (AvgIpc) is 2.35. The molecule has 2 aromatic carbocycles. The number of thioether (sulfide) groups is 1. The normalized spacial score (nSPS) is 11.6. The molecule has 0 bridgehead atoms. The first-order valence-corrected chi connectivity index (χ1v) is 6.63. The van der Waals surface area contributed by atoms with Gasteiger partial charge in [0.1, 0.15) is 0 Å². The SMILES string of the molecule is Cc1ccc(/C=C(\F)Sc2ccc(C)cc2)cc1. The van der Waals surface area contributed by atoms with Crippen LogP contribution in [-0.4, -0.2) is 0 Å². The predicted molar refractivity (Wildman–Crippen MR) is 77.3 cm³/mol. The molecule has 0 aliphatic heterocycles. The number of benzene rings is 2. The third kappa shape index (κ3) is 3.74. The summed E-state index contributed by atoms with van der Waals surface area (Å²) in [4.78, 5) is 0.918. The largest absolute Gasteiger partial charge is 0.199 e. The Kier molecular flexibility index (Phi) is 4.21. The molecule has 0 fully saturated rings. The Hall–Kier alpha value is -1.54. The van der Waals surface area contributed by atoms with E-state index in [1.54, 1.807) is 6.08 Å². The molecule has 0 aromatic heterocycles. The van der Waals surface area contributed by atoms with E-state index in [9.17, 15) is 4.39 Å². The first-order chi connectivity index (χ1) is 8.63. The van der Waals surface area contributed by atoms with Gasteiger partial charge in [-0.1, -0.05) is 59.3 Å². The Morgan fingerprint density at radius 1 is 0.889 bits per heavy atom. The first kappa shape index (κ1) is 12.9. The summed E-state index contributed by atoms with van der Waals surface area (Å²) in [7, 11) is 0. The van der Waals surface area contributed by atoms with E-state index in [0.29, 0.717) is 0 Å². The number of aryl methyl sites for hydroxylation is 2. The van der Waals surface area contributed by atoms with Gasteiger partial charge in [-0.3, -0.25) is 0 Å². The van der Waals surface area contributed by atoms with E-state index in [1.165, 1.54) is 11.1 Å². The number of halogens is 1.